The van der Waals surface area contributed by atoms with Crippen molar-refractivity contribution in [1.82, 2.24) is 10.2 Å². The lowest BCUT2D eigenvalue weighted by Gasteiger charge is -2.04. The molecular weight excluding hydrogens is 328 g/mol. The van der Waals surface area contributed by atoms with E-state index >= 15 is 0 Å². The Morgan fingerprint density at radius 3 is 2.85 bits per heavy atom. The summed E-state index contributed by atoms with van der Waals surface area (Å²) in [6, 6.07) is 0.928. The third-order valence-corrected chi connectivity index (χ3v) is 5.60. The van der Waals surface area contributed by atoms with Gasteiger partial charge in [0.1, 0.15) is 10.0 Å². The van der Waals surface area contributed by atoms with Gasteiger partial charge in [-0.1, -0.05) is 18.5 Å². The zero-order chi connectivity index (χ0) is 14.9. The van der Waals surface area contributed by atoms with E-state index in [-0.39, 0.29) is 14.4 Å². The fourth-order valence-corrected chi connectivity index (χ4v) is 4.17. The van der Waals surface area contributed by atoms with E-state index in [1.54, 1.807) is 0 Å². The van der Waals surface area contributed by atoms with E-state index in [9.17, 15) is 18.5 Å². The summed E-state index contributed by atoms with van der Waals surface area (Å²) >= 11 is 6.27. The van der Waals surface area contributed by atoms with Crippen LogP contribution in [0.1, 0.15) is 12.5 Å². The molecule has 0 saturated heterocycles. The van der Waals surface area contributed by atoms with Gasteiger partial charge in [0.25, 0.3) is 15.7 Å². The standard InChI is InChI=1S/C9H9ClN4O4S2/c1-2-5-4-11-12-9(5)13-20(17,18)7-3-6(14(15)16)8(10)19-7/h3-4H,2H2,1H3,(H2,11,12,13). The molecule has 0 aliphatic rings. The van der Waals surface area contributed by atoms with Gasteiger partial charge in [-0.15, -0.1) is 11.3 Å². The van der Waals surface area contributed by atoms with Gasteiger partial charge in [0.2, 0.25) is 0 Å². The first-order valence-corrected chi connectivity index (χ1v) is 8.01. The molecule has 8 nitrogen and oxygen atoms in total. The number of nitrogens with zero attached hydrogens (tertiary/aromatic N) is 2. The van der Waals surface area contributed by atoms with Crippen LogP contribution in [0.2, 0.25) is 4.34 Å². The first-order chi connectivity index (χ1) is 9.35. The predicted octanol–water partition coefficient (Wildman–Crippen LogP) is 2.40. The van der Waals surface area contributed by atoms with Crippen molar-refractivity contribution in [3.05, 3.63) is 32.3 Å². The molecule has 2 heterocycles. The number of anilines is 1. The van der Waals surface area contributed by atoms with Gasteiger partial charge in [-0.05, 0) is 6.42 Å². The van der Waals surface area contributed by atoms with Crippen molar-refractivity contribution in [2.24, 2.45) is 0 Å². The maximum absolute atomic E-state index is 12.1. The summed E-state index contributed by atoms with van der Waals surface area (Å²) in [4.78, 5) is 9.95. The molecule has 0 aliphatic heterocycles. The van der Waals surface area contributed by atoms with Crippen molar-refractivity contribution in [2.75, 3.05) is 4.72 Å². The molecular formula is C9H9ClN4O4S2. The summed E-state index contributed by atoms with van der Waals surface area (Å²) in [5.41, 5.74) is 0.253. The first kappa shape index (κ1) is 14.8. The number of hydrogen-bond donors (Lipinski definition) is 2. The third-order valence-electron chi connectivity index (χ3n) is 2.44. The van der Waals surface area contributed by atoms with Crippen LogP contribution < -0.4 is 4.72 Å². The second-order valence-electron chi connectivity index (χ2n) is 3.71. The van der Waals surface area contributed by atoms with E-state index in [4.69, 9.17) is 11.6 Å². The molecule has 2 aromatic rings. The molecule has 2 aromatic heterocycles. The Hall–Kier alpha value is -1.65. The number of nitrogens with one attached hydrogen (secondary N) is 2. The van der Waals surface area contributed by atoms with Crippen molar-refractivity contribution in [1.29, 1.82) is 0 Å². The zero-order valence-electron chi connectivity index (χ0n) is 10.1. The lowest BCUT2D eigenvalue weighted by atomic mass is 10.3. The van der Waals surface area contributed by atoms with Crippen LogP contribution in [0.3, 0.4) is 0 Å². The van der Waals surface area contributed by atoms with Crippen LogP contribution in [0.4, 0.5) is 11.5 Å². The van der Waals surface area contributed by atoms with Gasteiger partial charge in [0.05, 0.1) is 11.1 Å². The van der Waals surface area contributed by atoms with Crippen LogP contribution in [0.15, 0.2) is 16.5 Å². The molecule has 0 atom stereocenters. The van der Waals surface area contributed by atoms with Crippen molar-refractivity contribution in [3.63, 3.8) is 0 Å². The van der Waals surface area contributed by atoms with Gasteiger partial charge >= 0.3 is 0 Å². The predicted molar refractivity (Wildman–Crippen MR) is 74.8 cm³/mol. The highest BCUT2D eigenvalue weighted by atomic mass is 35.5. The lowest BCUT2D eigenvalue weighted by Crippen LogP contribution is -2.13. The summed E-state index contributed by atoms with van der Waals surface area (Å²) in [7, 11) is -3.94. The zero-order valence-corrected chi connectivity index (χ0v) is 12.5. The Morgan fingerprint density at radius 1 is 1.60 bits per heavy atom. The van der Waals surface area contributed by atoms with Crippen LogP contribution in [-0.4, -0.2) is 23.5 Å². The monoisotopic (exact) mass is 336 g/mol. The molecule has 2 rings (SSSR count). The van der Waals surface area contributed by atoms with Crippen LogP contribution in [-0.2, 0) is 16.4 Å². The van der Waals surface area contributed by atoms with Crippen molar-refractivity contribution >= 4 is 44.5 Å². The smallest absolute Gasteiger partial charge is 0.263 e. The second kappa shape index (κ2) is 5.38. The van der Waals surface area contributed by atoms with E-state index in [0.29, 0.717) is 23.3 Å². The average Bonchev–Trinajstić information content (AvgIpc) is 2.95. The number of nitro groups is 1. The molecule has 20 heavy (non-hydrogen) atoms. The summed E-state index contributed by atoms with van der Waals surface area (Å²) in [5.74, 6) is 0.236. The second-order valence-corrected chi connectivity index (χ2v) is 7.27. The molecule has 0 unspecified atom stereocenters. The maximum atomic E-state index is 12.1. The SMILES string of the molecule is CCc1cn[nH]c1NS(=O)(=O)c1cc([N+](=O)[O-])c(Cl)s1. The number of aryl methyl sites for hydroxylation is 1. The fraction of sp³-hybridized carbons (Fsp3) is 0.222. The maximum Gasteiger partial charge on any atom is 0.300 e. The lowest BCUT2D eigenvalue weighted by molar-refractivity contribution is -0.384. The molecule has 2 N–H and O–H groups in total. The van der Waals surface area contributed by atoms with Crippen LogP contribution in [0.25, 0.3) is 0 Å². The third kappa shape index (κ3) is 2.76. The highest BCUT2D eigenvalue weighted by Crippen LogP contribution is 2.36. The molecule has 0 saturated carbocycles. The summed E-state index contributed by atoms with van der Waals surface area (Å²) in [5, 5.41) is 16.9. The van der Waals surface area contributed by atoms with Crippen molar-refractivity contribution in [3.8, 4) is 0 Å². The topological polar surface area (TPSA) is 118 Å². The number of thiophene rings is 1. The van der Waals surface area contributed by atoms with E-state index in [1.165, 1.54) is 6.20 Å². The number of rotatable bonds is 5. The van der Waals surface area contributed by atoms with Gasteiger partial charge in [-0.3, -0.25) is 19.9 Å². The molecule has 0 aliphatic carbocycles. The quantitative estimate of drug-likeness (QED) is 0.642. The first-order valence-electron chi connectivity index (χ1n) is 5.34. The van der Waals surface area contributed by atoms with Gasteiger partial charge in [-0.2, -0.15) is 5.10 Å². The van der Waals surface area contributed by atoms with Gasteiger partial charge in [0, 0.05) is 11.6 Å². The summed E-state index contributed by atoms with van der Waals surface area (Å²) in [6.45, 7) is 1.84. The minimum Gasteiger partial charge on any atom is -0.263 e. The van der Waals surface area contributed by atoms with Gasteiger partial charge in [0.15, 0.2) is 4.34 Å². The summed E-state index contributed by atoms with van der Waals surface area (Å²) in [6.07, 6.45) is 2.08. The molecule has 0 amide bonds. The molecule has 0 fully saturated rings. The molecule has 0 radical (unpaired) electrons. The molecule has 0 spiro atoms. The molecule has 0 bridgehead atoms. The Morgan fingerprint density at radius 2 is 2.30 bits per heavy atom. The number of H-pyrrole nitrogens is 1. The average molecular weight is 337 g/mol. The van der Waals surface area contributed by atoms with E-state index in [2.05, 4.69) is 14.9 Å². The van der Waals surface area contributed by atoms with Crippen LogP contribution in [0, 0.1) is 10.1 Å². The summed E-state index contributed by atoms with van der Waals surface area (Å²) < 4.78 is 26.1. The van der Waals surface area contributed by atoms with Crippen molar-refractivity contribution < 1.29 is 13.3 Å². The van der Waals surface area contributed by atoms with E-state index in [1.807, 2.05) is 6.92 Å². The van der Waals surface area contributed by atoms with E-state index in [0.717, 1.165) is 6.07 Å². The van der Waals surface area contributed by atoms with Gasteiger partial charge in [-0.25, -0.2) is 8.42 Å². The van der Waals surface area contributed by atoms with Crippen LogP contribution >= 0.6 is 22.9 Å². The van der Waals surface area contributed by atoms with Crippen LogP contribution in [0.5, 0.6) is 0 Å². The molecule has 11 heteroatoms. The van der Waals surface area contributed by atoms with Crippen molar-refractivity contribution in [2.45, 2.75) is 17.6 Å². The van der Waals surface area contributed by atoms with Gasteiger partial charge < -0.3 is 0 Å². The number of sulfonamides is 1. The Bertz CT molecular complexity index is 752. The fourth-order valence-electron chi connectivity index (χ4n) is 1.45. The number of halogens is 1. The molecule has 0 aromatic carbocycles. The number of hydrogen-bond acceptors (Lipinski definition) is 6. The molecule has 108 valence electrons. The Labute approximate surface area is 123 Å². The number of aromatic amines is 1. The largest absolute Gasteiger partial charge is 0.300 e. The van der Waals surface area contributed by atoms with E-state index < -0.39 is 20.6 Å². The minimum absolute atomic E-state index is 0.185. The highest BCUT2D eigenvalue weighted by molar-refractivity contribution is 7.94. The number of aromatic nitrogens is 2. The minimum atomic E-state index is -3.94. The Kier molecular flexibility index (Phi) is 3.97. The normalized spacial score (nSPS) is 11.5. The highest BCUT2D eigenvalue weighted by Gasteiger charge is 2.26. The Balaban J connectivity index is 2.36.